The molecule has 2 N–H and O–H groups in total. The van der Waals surface area contributed by atoms with Crippen LogP contribution >= 0.6 is 42.6 Å². The van der Waals surface area contributed by atoms with Gasteiger partial charge in [0.1, 0.15) is 0 Å². The minimum absolute atomic E-state index is 0. The van der Waals surface area contributed by atoms with Gasteiger partial charge in [0, 0.05) is 24.8 Å². The molecule has 1 aliphatic heterocycles. The van der Waals surface area contributed by atoms with E-state index >= 15 is 0 Å². The van der Waals surface area contributed by atoms with Gasteiger partial charge in [0.2, 0.25) is 0 Å². The summed E-state index contributed by atoms with van der Waals surface area (Å²) in [6.07, 6.45) is 0.656. The summed E-state index contributed by atoms with van der Waals surface area (Å²) in [4.78, 5) is 0. The summed E-state index contributed by atoms with van der Waals surface area (Å²) in [6, 6.07) is 0. The number of halogens is 2. The standard InChI is InChI=1S/C11H23Cl2N2O5PS2.Na.H/c1-10(9-23(17,18)19)8-22-11-2-7-20-21(16,14-11)15(5-3-12)6-4-13;;/h10-11H,2-9H2,1H3,(H,14,16)(H,17,18,19);;/q;+1;-1. The number of rotatable bonds is 10. The van der Waals surface area contributed by atoms with Gasteiger partial charge in [-0.05, 0) is 18.1 Å². The molecule has 1 saturated heterocycles. The first-order valence-electron chi connectivity index (χ1n) is 7.16. The summed E-state index contributed by atoms with van der Waals surface area (Å²) >= 11 is 12.9. The molecular weight excluding hydrogens is 429 g/mol. The predicted molar refractivity (Wildman–Crippen MR) is 97.3 cm³/mol. The van der Waals surface area contributed by atoms with E-state index < -0.39 is 17.8 Å². The SMILES string of the molecule is CC(CSC1CCOP(=O)(N(CCCl)CCCl)N1)CS(=O)(=O)O.[H-].[Na+]. The van der Waals surface area contributed by atoms with Crippen molar-refractivity contribution >= 4 is 52.8 Å². The van der Waals surface area contributed by atoms with E-state index in [4.69, 9.17) is 32.3 Å². The molecule has 0 bridgehead atoms. The number of thioether (sulfide) groups is 1. The third-order valence-electron chi connectivity index (χ3n) is 3.09. The summed E-state index contributed by atoms with van der Waals surface area (Å²) in [5.74, 6) is 0.652. The van der Waals surface area contributed by atoms with Crippen molar-refractivity contribution in [2.24, 2.45) is 5.92 Å². The first kappa shape index (κ1) is 26.0. The Morgan fingerprint density at radius 2 is 2.04 bits per heavy atom. The monoisotopic (exact) mass is 452 g/mol. The van der Waals surface area contributed by atoms with Crippen molar-refractivity contribution in [1.82, 2.24) is 9.76 Å². The van der Waals surface area contributed by atoms with Crippen molar-refractivity contribution in [3.63, 3.8) is 0 Å². The molecule has 0 aromatic carbocycles. The first-order valence-corrected chi connectivity index (χ1v) is 12.5. The number of alkyl halides is 2. The number of hydrogen-bond donors (Lipinski definition) is 2. The molecule has 1 rings (SSSR count). The van der Waals surface area contributed by atoms with E-state index in [-0.39, 0.29) is 48.0 Å². The van der Waals surface area contributed by atoms with Crippen molar-refractivity contribution in [3.8, 4) is 0 Å². The van der Waals surface area contributed by atoms with Crippen molar-refractivity contribution < 1.29 is 53.0 Å². The van der Waals surface area contributed by atoms with Crippen molar-refractivity contribution in [2.75, 3.05) is 43.0 Å². The van der Waals surface area contributed by atoms with Crippen LogP contribution in [0.25, 0.3) is 0 Å². The summed E-state index contributed by atoms with van der Waals surface area (Å²) < 4.78 is 50.6. The fraction of sp³-hybridized carbons (Fsp3) is 1.00. The van der Waals surface area contributed by atoms with Crippen LogP contribution in [0.5, 0.6) is 0 Å². The third-order valence-corrected chi connectivity index (χ3v) is 8.42. The molecule has 1 aliphatic rings. The van der Waals surface area contributed by atoms with Gasteiger partial charge in [-0.2, -0.15) is 8.42 Å². The molecule has 24 heavy (non-hydrogen) atoms. The first-order chi connectivity index (χ1) is 10.7. The molecule has 0 radical (unpaired) electrons. The van der Waals surface area contributed by atoms with Gasteiger partial charge >= 0.3 is 37.2 Å². The van der Waals surface area contributed by atoms with Crippen LogP contribution in [0.4, 0.5) is 0 Å². The number of nitrogens with one attached hydrogen (secondary N) is 1. The second-order valence-corrected chi connectivity index (χ2v) is 10.9. The second-order valence-electron chi connectivity index (χ2n) is 5.28. The molecule has 13 heteroatoms. The molecule has 0 aliphatic carbocycles. The summed E-state index contributed by atoms with van der Waals surface area (Å²) in [7, 11) is -7.17. The molecule has 0 aromatic rings. The van der Waals surface area contributed by atoms with E-state index in [2.05, 4.69) is 5.09 Å². The zero-order valence-electron chi connectivity index (χ0n) is 14.9. The smallest absolute Gasteiger partial charge is 1.00 e. The average molecular weight is 453 g/mol. The topological polar surface area (TPSA) is 95.9 Å². The molecule has 0 spiro atoms. The zero-order valence-corrected chi connectivity index (χ0v) is 19.9. The van der Waals surface area contributed by atoms with Crippen LogP contribution in [0, 0.1) is 5.92 Å². The number of hydrogen-bond acceptors (Lipinski definition) is 5. The van der Waals surface area contributed by atoms with E-state index in [9.17, 15) is 13.0 Å². The Hall–Kier alpha value is 1.95. The van der Waals surface area contributed by atoms with Gasteiger partial charge < -0.3 is 5.95 Å². The molecule has 140 valence electrons. The van der Waals surface area contributed by atoms with E-state index in [1.807, 2.05) is 0 Å². The van der Waals surface area contributed by atoms with Gasteiger partial charge in [-0.1, -0.05) is 6.92 Å². The van der Waals surface area contributed by atoms with Crippen molar-refractivity contribution in [2.45, 2.75) is 18.7 Å². The van der Waals surface area contributed by atoms with Gasteiger partial charge in [-0.3, -0.25) is 9.12 Å². The Balaban J connectivity index is 0. The van der Waals surface area contributed by atoms with Crippen LogP contribution in [0.3, 0.4) is 0 Å². The van der Waals surface area contributed by atoms with Crippen LogP contribution in [0.15, 0.2) is 0 Å². The fourth-order valence-corrected chi connectivity index (χ4v) is 7.35. The van der Waals surface area contributed by atoms with Gasteiger partial charge in [0.15, 0.2) is 0 Å². The van der Waals surface area contributed by atoms with Gasteiger partial charge in [0.05, 0.1) is 17.7 Å². The van der Waals surface area contributed by atoms with Gasteiger partial charge in [-0.15, -0.1) is 35.0 Å². The normalized spacial score (nSPS) is 26.1. The maximum Gasteiger partial charge on any atom is 1.00 e. The molecule has 1 fully saturated rings. The van der Waals surface area contributed by atoms with Gasteiger partial charge in [0.25, 0.3) is 10.1 Å². The van der Waals surface area contributed by atoms with Crippen LogP contribution < -0.4 is 34.6 Å². The Morgan fingerprint density at radius 3 is 2.54 bits per heavy atom. The molecule has 3 unspecified atom stereocenters. The Morgan fingerprint density at radius 1 is 1.46 bits per heavy atom. The van der Waals surface area contributed by atoms with E-state index in [1.165, 1.54) is 11.8 Å². The Kier molecular flexibility index (Phi) is 13.4. The summed E-state index contributed by atoms with van der Waals surface area (Å²) in [5, 5.41) is 2.89. The Labute approximate surface area is 182 Å². The van der Waals surface area contributed by atoms with E-state index in [0.717, 1.165) is 0 Å². The Bertz CT molecular complexity index is 517. The van der Waals surface area contributed by atoms with Crippen LogP contribution in [0.1, 0.15) is 14.8 Å². The predicted octanol–water partition coefficient (Wildman–Crippen LogP) is -0.416. The van der Waals surface area contributed by atoms with Crippen molar-refractivity contribution in [3.05, 3.63) is 0 Å². The average Bonchev–Trinajstić information content (AvgIpc) is 2.43. The molecule has 7 nitrogen and oxygen atoms in total. The summed E-state index contributed by atoms with van der Waals surface area (Å²) in [5.41, 5.74) is 0. The molecule has 1 heterocycles. The van der Waals surface area contributed by atoms with Gasteiger partial charge in [-0.25, -0.2) is 9.76 Å². The minimum Gasteiger partial charge on any atom is -1.00 e. The molecule has 0 amide bonds. The molecule has 0 aromatic heterocycles. The fourth-order valence-electron chi connectivity index (χ4n) is 2.11. The minimum atomic E-state index is -3.98. The zero-order chi connectivity index (χ0) is 17.5. The third kappa shape index (κ3) is 9.76. The maximum absolute atomic E-state index is 12.9. The quantitative estimate of drug-likeness (QED) is 0.200. The second kappa shape index (κ2) is 12.4. The number of nitrogens with zero attached hydrogens (tertiary/aromatic N) is 1. The van der Waals surface area contributed by atoms with Crippen LogP contribution in [0.2, 0.25) is 0 Å². The van der Waals surface area contributed by atoms with E-state index in [0.29, 0.717) is 43.6 Å². The largest absolute Gasteiger partial charge is 1.00 e. The van der Waals surface area contributed by atoms with E-state index in [1.54, 1.807) is 11.6 Å². The molecule has 3 atom stereocenters. The maximum atomic E-state index is 12.9. The molecular formula is C11H24Cl2N2NaO5PS2. The molecule has 0 saturated carbocycles. The van der Waals surface area contributed by atoms with Crippen molar-refractivity contribution in [1.29, 1.82) is 0 Å². The van der Waals surface area contributed by atoms with Crippen LogP contribution in [-0.2, 0) is 19.2 Å². The van der Waals surface area contributed by atoms with Crippen LogP contribution in [-0.4, -0.2) is 66.0 Å². The summed E-state index contributed by atoms with van der Waals surface area (Å²) in [6.45, 7) is 2.88.